The summed E-state index contributed by atoms with van der Waals surface area (Å²) in [5, 5.41) is 19.6. The van der Waals surface area contributed by atoms with Crippen molar-refractivity contribution in [3.05, 3.63) is 0 Å². The van der Waals surface area contributed by atoms with Crippen LogP contribution in [0.3, 0.4) is 0 Å². The quantitative estimate of drug-likeness (QED) is 0.324. The molecule has 0 bridgehead atoms. The molecule has 2 heteroatoms. The Balaban J connectivity index is 3.20. The molecule has 0 amide bonds. The fourth-order valence-electron chi connectivity index (χ4n) is 3.07. The molecule has 0 heterocycles. The summed E-state index contributed by atoms with van der Waals surface area (Å²) in [6, 6.07) is 0. The maximum Gasteiger partial charge on any atom is 0.0540 e. The van der Waals surface area contributed by atoms with E-state index in [1.54, 1.807) is 0 Å². The summed E-state index contributed by atoms with van der Waals surface area (Å²) in [7, 11) is 0. The van der Waals surface area contributed by atoms with Gasteiger partial charge in [0.2, 0.25) is 0 Å². The second-order valence-electron chi connectivity index (χ2n) is 7.00. The van der Waals surface area contributed by atoms with E-state index in [4.69, 9.17) is 0 Å². The van der Waals surface area contributed by atoms with Gasteiger partial charge in [0.25, 0.3) is 0 Å². The Bertz CT molecular complexity index is 206. The fraction of sp³-hybridized carbons (Fsp3) is 1.00. The van der Waals surface area contributed by atoms with Crippen molar-refractivity contribution in [2.75, 3.05) is 0 Å². The molecule has 134 valence electrons. The molecule has 2 nitrogen and oxygen atoms in total. The van der Waals surface area contributed by atoms with Crippen LogP contribution in [0, 0.1) is 0 Å². The summed E-state index contributed by atoms with van der Waals surface area (Å²) < 4.78 is 0. The highest BCUT2D eigenvalue weighted by Crippen LogP contribution is 2.15. The molecule has 0 saturated heterocycles. The van der Waals surface area contributed by atoms with Crippen LogP contribution in [-0.4, -0.2) is 22.4 Å². The smallest absolute Gasteiger partial charge is 0.0540 e. The summed E-state index contributed by atoms with van der Waals surface area (Å²) in [6.07, 6.45) is 18.7. The molecule has 2 N–H and O–H groups in total. The van der Waals surface area contributed by atoms with Crippen molar-refractivity contribution in [1.82, 2.24) is 0 Å². The number of aliphatic hydroxyl groups is 2. The van der Waals surface area contributed by atoms with Gasteiger partial charge in [0.1, 0.15) is 0 Å². The zero-order valence-electron chi connectivity index (χ0n) is 15.4. The van der Waals surface area contributed by atoms with Crippen LogP contribution in [0.25, 0.3) is 0 Å². The number of rotatable bonds is 17. The Kier molecular flexibility index (Phi) is 17.2. The maximum atomic E-state index is 9.96. The van der Waals surface area contributed by atoms with E-state index in [0.29, 0.717) is 0 Å². The minimum Gasteiger partial charge on any atom is -0.393 e. The van der Waals surface area contributed by atoms with Gasteiger partial charge in [0, 0.05) is 0 Å². The molecule has 0 fully saturated rings. The van der Waals surface area contributed by atoms with Crippen LogP contribution >= 0.6 is 0 Å². The topological polar surface area (TPSA) is 40.5 Å². The van der Waals surface area contributed by atoms with Crippen molar-refractivity contribution >= 4 is 0 Å². The Hall–Kier alpha value is -0.0800. The first-order valence-corrected chi connectivity index (χ1v) is 10.1. The largest absolute Gasteiger partial charge is 0.393 e. The van der Waals surface area contributed by atoms with Crippen molar-refractivity contribution in [3.8, 4) is 0 Å². The average Bonchev–Trinajstić information content (AvgIpc) is 2.50. The molecule has 0 aromatic carbocycles. The van der Waals surface area contributed by atoms with Crippen LogP contribution in [0.4, 0.5) is 0 Å². The van der Waals surface area contributed by atoms with Crippen LogP contribution in [0.2, 0.25) is 0 Å². The van der Waals surface area contributed by atoms with Crippen molar-refractivity contribution in [1.29, 1.82) is 0 Å². The lowest BCUT2D eigenvalue weighted by atomic mass is 10.0. The van der Waals surface area contributed by atoms with Gasteiger partial charge in [0.05, 0.1) is 12.2 Å². The van der Waals surface area contributed by atoms with Gasteiger partial charge in [-0.05, 0) is 25.7 Å². The molecular weight excluding hydrogens is 272 g/mol. The Morgan fingerprint density at radius 3 is 1.23 bits per heavy atom. The van der Waals surface area contributed by atoms with Crippen LogP contribution in [0.15, 0.2) is 0 Å². The van der Waals surface area contributed by atoms with Gasteiger partial charge in [-0.25, -0.2) is 0 Å². The van der Waals surface area contributed by atoms with E-state index in [1.807, 2.05) is 0 Å². The van der Waals surface area contributed by atoms with E-state index in [9.17, 15) is 10.2 Å². The van der Waals surface area contributed by atoms with Crippen molar-refractivity contribution in [2.45, 2.75) is 129 Å². The standard InChI is InChI=1S/C20H42O2/c1-3-5-6-7-8-9-12-17-20(22)18-14-11-10-13-16-19(21)15-4-2/h19-22H,3-18H2,1-2H3. The molecule has 0 aromatic heterocycles. The van der Waals surface area contributed by atoms with Crippen molar-refractivity contribution in [3.63, 3.8) is 0 Å². The predicted molar refractivity (Wildman–Crippen MR) is 97.2 cm³/mol. The van der Waals surface area contributed by atoms with E-state index in [-0.39, 0.29) is 12.2 Å². The number of unbranched alkanes of at least 4 members (excludes halogenated alkanes) is 9. The number of aliphatic hydroxyl groups excluding tert-OH is 2. The normalized spacial score (nSPS) is 14.2. The number of hydrogen-bond donors (Lipinski definition) is 2. The lowest BCUT2D eigenvalue weighted by molar-refractivity contribution is 0.143. The fourth-order valence-corrected chi connectivity index (χ4v) is 3.07. The maximum absolute atomic E-state index is 9.96. The number of hydrogen-bond acceptors (Lipinski definition) is 2. The monoisotopic (exact) mass is 314 g/mol. The van der Waals surface area contributed by atoms with Crippen molar-refractivity contribution < 1.29 is 10.2 Å². The molecule has 0 aromatic rings. The van der Waals surface area contributed by atoms with Gasteiger partial charge in [0.15, 0.2) is 0 Å². The van der Waals surface area contributed by atoms with Gasteiger partial charge in [-0.15, -0.1) is 0 Å². The minimum absolute atomic E-state index is 0.0821. The Labute approximate surface area is 139 Å². The Morgan fingerprint density at radius 2 is 0.818 bits per heavy atom. The van der Waals surface area contributed by atoms with E-state index in [0.717, 1.165) is 44.9 Å². The first-order valence-electron chi connectivity index (χ1n) is 10.1. The van der Waals surface area contributed by atoms with Crippen LogP contribution in [-0.2, 0) is 0 Å². The first kappa shape index (κ1) is 21.9. The van der Waals surface area contributed by atoms with Gasteiger partial charge in [-0.2, -0.15) is 0 Å². The third-order valence-electron chi connectivity index (χ3n) is 4.59. The lowest BCUT2D eigenvalue weighted by Crippen LogP contribution is -2.06. The van der Waals surface area contributed by atoms with E-state index in [1.165, 1.54) is 57.8 Å². The summed E-state index contributed by atoms with van der Waals surface area (Å²) in [5.41, 5.74) is 0. The second-order valence-corrected chi connectivity index (χ2v) is 7.00. The van der Waals surface area contributed by atoms with E-state index >= 15 is 0 Å². The molecule has 0 aliphatic carbocycles. The van der Waals surface area contributed by atoms with Gasteiger partial charge in [-0.3, -0.25) is 0 Å². The lowest BCUT2D eigenvalue weighted by Gasteiger charge is -2.11. The molecular formula is C20H42O2. The van der Waals surface area contributed by atoms with Crippen molar-refractivity contribution in [2.24, 2.45) is 0 Å². The van der Waals surface area contributed by atoms with E-state index < -0.39 is 0 Å². The van der Waals surface area contributed by atoms with Gasteiger partial charge >= 0.3 is 0 Å². The molecule has 0 aliphatic rings. The zero-order valence-corrected chi connectivity index (χ0v) is 15.4. The Morgan fingerprint density at radius 1 is 0.455 bits per heavy atom. The average molecular weight is 315 g/mol. The molecule has 22 heavy (non-hydrogen) atoms. The molecule has 0 spiro atoms. The molecule has 2 atom stereocenters. The highest BCUT2D eigenvalue weighted by Gasteiger charge is 2.05. The summed E-state index contributed by atoms with van der Waals surface area (Å²) >= 11 is 0. The van der Waals surface area contributed by atoms with Crippen LogP contribution in [0.5, 0.6) is 0 Å². The first-order chi connectivity index (χ1) is 10.7. The third kappa shape index (κ3) is 16.3. The summed E-state index contributed by atoms with van der Waals surface area (Å²) in [6.45, 7) is 4.37. The third-order valence-corrected chi connectivity index (χ3v) is 4.59. The highest BCUT2D eigenvalue weighted by atomic mass is 16.3. The molecule has 0 rings (SSSR count). The summed E-state index contributed by atoms with van der Waals surface area (Å²) in [4.78, 5) is 0. The van der Waals surface area contributed by atoms with Gasteiger partial charge < -0.3 is 10.2 Å². The highest BCUT2D eigenvalue weighted by molar-refractivity contribution is 4.59. The van der Waals surface area contributed by atoms with E-state index in [2.05, 4.69) is 13.8 Å². The molecule has 0 saturated carbocycles. The van der Waals surface area contributed by atoms with Gasteiger partial charge in [-0.1, -0.05) is 90.9 Å². The minimum atomic E-state index is -0.0899. The molecule has 0 aliphatic heterocycles. The summed E-state index contributed by atoms with van der Waals surface area (Å²) in [5.74, 6) is 0. The molecule has 0 radical (unpaired) electrons. The second kappa shape index (κ2) is 17.3. The SMILES string of the molecule is CCCCCCCCCC(O)CCCCCCC(O)CCC. The predicted octanol–water partition coefficient (Wildman–Crippen LogP) is 5.99. The van der Waals surface area contributed by atoms with Crippen LogP contribution < -0.4 is 0 Å². The van der Waals surface area contributed by atoms with Crippen LogP contribution in [0.1, 0.15) is 117 Å². The molecule has 2 unspecified atom stereocenters. The zero-order chi connectivity index (χ0) is 16.5.